The van der Waals surface area contributed by atoms with Crippen LogP contribution in [0.5, 0.6) is 0 Å². The molecule has 1 aliphatic heterocycles. The second-order valence-corrected chi connectivity index (χ2v) is 5.97. The van der Waals surface area contributed by atoms with Gasteiger partial charge in [-0.2, -0.15) is 0 Å². The Bertz CT molecular complexity index is 480. The van der Waals surface area contributed by atoms with Crippen molar-refractivity contribution in [1.82, 2.24) is 4.90 Å². The summed E-state index contributed by atoms with van der Waals surface area (Å²) >= 11 is 3.46. The molecular weight excluding hydrogens is 336 g/mol. The van der Waals surface area contributed by atoms with E-state index in [9.17, 15) is 4.79 Å². The Balaban J connectivity index is 1.98. The highest BCUT2D eigenvalue weighted by Gasteiger charge is 2.26. The molecule has 2 N–H and O–H groups in total. The number of nitrogens with two attached hydrogens (primary N) is 1. The number of morpholine rings is 1. The van der Waals surface area contributed by atoms with Gasteiger partial charge in [0.1, 0.15) is 6.10 Å². The number of benzene rings is 1. The molecule has 1 saturated heterocycles. The van der Waals surface area contributed by atoms with Crippen molar-refractivity contribution in [2.24, 2.45) is 5.73 Å². The molecule has 1 fully saturated rings. The van der Waals surface area contributed by atoms with Gasteiger partial charge in [0.15, 0.2) is 0 Å². The first kappa shape index (κ1) is 16.4. The Morgan fingerprint density at radius 2 is 2.43 bits per heavy atom. The van der Waals surface area contributed by atoms with Crippen LogP contribution in [0.1, 0.15) is 18.1 Å². The van der Waals surface area contributed by atoms with Gasteiger partial charge in [0.25, 0.3) is 0 Å². The molecule has 1 aliphatic rings. The minimum absolute atomic E-state index is 0.0654. The maximum Gasteiger partial charge on any atom is 0.225 e. The number of rotatable bonds is 5. The highest BCUT2D eigenvalue weighted by molar-refractivity contribution is 9.10. The molecular formula is C15H21BrN2O3. The van der Waals surface area contributed by atoms with Gasteiger partial charge < -0.3 is 20.1 Å². The number of carbonyl (C=O) groups is 1. The minimum atomic E-state index is -0.218. The van der Waals surface area contributed by atoms with Crippen molar-refractivity contribution in [3.8, 4) is 0 Å². The van der Waals surface area contributed by atoms with Gasteiger partial charge in [0.05, 0.1) is 25.7 Å². The van der Waals surface area contributed by atoms with Crippen LogP contribution in [0.25, 0.3) is 0 Å². The van der Waals surface area contributed by atoms with Gasteiger partial charge >= 0.3 is 0 Å². The van der Waals surface area contributed by atoms with Gasteiger partial charge in [-0.15, -0.1) is 0 Å². The summed E-state index contributed by atoms with van der Waals surface area (Å²) < 4.78 is 12.0. The van der Waals surface area contributed by atoms with E-state index in [1.165, 1.54) is 0 Å². The Kier molecular flexibility index (Phi) is 6.17. The molecule has 2 unspecified atom stereocenters. The molecule has 0 spiro atoms. The van der Waals surface area contributed by atoms with Gasteiger partial charge in [-0.1, -0.05) is 28.1 Å². The molecule has 5 nitrogen and oxygen atoms in total. The van der Waals surface area contributed by atoms with Crippen molar-refractivity contribution in [2.45, 2.75) is 18.6 Å². The molecule has 0 aromatic heterocycles. The van der Waals surface area contributed by atoms with Crippen LogP contribution in [0.15, 0.2) is 28.7 Å². The lowest BCUT2D eigenvalue weighted by atomic mass is 10.1. The lowest BCUT2D eigenvalue weighted by Gasteiger charge is -2.34. The van der Waals surface area contributed by atoms with Crippen molar-refractivity contribution in [3.05, 3.63) is 34.3 Å². The van der Waals surface area contributed by atoms with E-state index in [4.69, 9.17) is 15.2 Å². The molecule has 0 saturated carbocycles. The average molecular weight is 357 g/mol. The van der Waals surface area contributed by atoms with Crippen molar-refractivity contribution in [2.75, 3.05) is 33.4 Å². The number of nitrogens with zero attached hydrogens (tertiary/aromatic N) is 1. The first-order chi connectivity index (χ1) is 10.1. The molecule has 2 atom stereocenters. The van der Waals surface area contributed by atoms with Crippen LogP contribution in [0, 0.1) is 0 Å². The number of hydrogen-bond donors (Lipinski definition) is 1. The first-order valence-electron chi connectivity index (χ1n) is 7.01. The summed E-state index contributed by atoms with van der Waals surface area (Å²) in [5.74, 6) is 0.0654. The van der Waals surface area contributed by atoms with Crippen LogP contribution in [0.2, 0.25) is 0 Å². The molecule has 1 amide bonds. The number of ether oxygens (including phenoxy) is 2. The summed E-state index contributed by atoms with van der Waals surface area (Å²) in [6.45, 7) is 2.07. The van der Waals surface area contributed by atoms with E-state index in [0.29, 0.717) is 32.7 Å². The number of amides is 1. The zero-order valence-corrected chi connectivity index (χ0v) is 13.7. The van der Waals surface area contributed by atoms with Gasteiger partial charge in [-0.05, 0) is 17.7 Å². The third kappa shape index (κ3) is 4.51. The van der Waals surface area contributed by atoms with Crippen LogP contribution in [-0.4, -0.2) is 50.3 Å². The molecule has 2 rings (SSSR count). The summed E-state index contributed by atoms with van der Waals surface area (Å²) in [5, 5.41) is 0. The van der Waals surface area contributed by atoms with Crippen molar-refractivity contribution in [3.63, 3.8) is 0 Å². The molecule has 6 heteroatoms. The maximum absolute atomic E-state index is 12.3. The minimum Gasteiger partial charge on any atom is -0.380 e. The fraction of sp³-hybridized carbons (Fsp3) is 0.533. The van der Waals surface area contributed by atoms with Crippen molar-refractivity contribution in [1.29, 1.82) is 0 Å². The highest BCUT2D eigenvalue weighted by atomic mass is 79.9. The smallest absolute Gasteiger partial charge is 0.225 e. The summed E-state index contributed by atoms with van der Waals surface area (Å²) in [5.41, 5.74) is 6.64. The Morgan fingerprint density at radius 3 is 3.10 bits per heavy atom. The quantitative estimate of drug-likeness (QED) is 0.872. The third-order valence-electron chi connectivity index (χ3n) is 3.64. The van der Waals surface area contributed by atoms with Crippen LogP contribution in [0.3, 0.4) is 0 Å². The van der Waals surface area contributed by atoms with E-state index in [-0.39, 0.29) is 18.1 Å². The molecule has 116 valence electrons. The van der Waals surface area contributed by atoms with Crippen molar-refractivity contribution >= 4 is 21.8 Å². The predicted molar refractivity (Wildman–Crippen MR) is 83.9 cm³/mol. The van der Waals surface area contributed by atoms with Gasteiger partial charge in [-0.25, -0.2) is 0 Å². The fourth-order valence-electron chi connectivity index (χ4n) is 2.37. The highest BCUT2D eigenvalue weighted by Crippen LogP contribution is 2.25. The average Bonchev–Trinajstić information content (AvgIpc) is 2.52. The SMILES string of the molecule is COC(CN)CC(=O)N1CCOC(c2cccc(Br)c2)C1. The summed E-state index contributed by atoms with van der Waals surface area (Å²) in [7, 11) is 1.58. The van der Waals surface area contributed by atoms with Crippen LogP contribution < -0.4 is 5.73 Å². The second kappa shape index (κ2) is 7.89. The van der Waals surface area contributed by atoms with Crippen LogP contribution in [0.4, 0.5) is 0 Å². The van der Waals surface area contributed by atoms with Gasteiger partial charge in [0.2, 0.25) is 5.91 Å². The van der Waals surface area contributed by atoms with Crippen molar-refractivity contribution < 1.29 is 14.3 Å². The largest absolute Gasteiger partial charge is 0.380 e. The molecule has 21 heavy (non-hydrogen) atoms. The molecule has 1 aromatic rings. The Morgan fingerprint density at radius 1 is 1.62 bits per heavy atom. The number of hydrogen-bond acceptors (Lipinski definition) is 4. The van der Waals surface area contributed by atoms with E-state index in [1.807, 2.05) is 29.2 Å². The zero-order chi connectivity index (χ0) is 15.2. The van der Waals surface area contributed by atoms with Gasteiger partial charge in [0, 0.05) is 24.7 Å². The monoisotopic (exact) mass is 356 g/mol. The Hall–Kier alpha value is -0.950. The second-order valence-electron chi connectivity index (χ2n) is 5.05. The molecule has 1 heterocycles. The van der Waals surface area contributed by atoms with E-state index >= 15 is 0 Å². The van der Waals surface area contributed by atoms with Crippen LogP contribution in [-0.2, 0) is 14.3 Å². The lowest BCUT2D eigenvalue weighted by Crippen LogP contribution is -2.44. The summed E-state index contributed by atoms with van der Waals surface area (Å²) in [4.78, 5) is 14.1. The molecule has 0 bridgehead atoms. The first-order valence-corrected chi connectivity index (χ1v) is 7.81. The Labute approximate surface area is 133 Å². The summed E-state index contributed by atoms with van der Waals surface area (Å²) in [6.07, 6.45) is 0.0156. The number of carbonyl (C=O) groups excluding carboxylic acids is 1. The summed E-state index contributed by atoms with van der Waals surface area (Å²) in [6, 6.07) is 7.98. The maximum atomic E-state index is 12.3. The molecule has 1 aromatic carbocycles. The predicted octanol–water partition coefficient (Wildman–Crippen LogP) is 1.71. The van der Waals surface area contributed by atoms with E-state index in [0.717, 1.165) is 10.0 Å². The fourth-order valence-corrected chi connectivity index (χ4v) is 2.79. The third-order valence-corrected chi connectivity index (χ3v) is 4.13. The zero-order valence-electron chi connectivity index (χ0n) is 12.1. The molecule has 0 radical (unpaired) electrons. The van der Waals surface area contributed by atoms with E-state index in [2.05, 4.69) is 15.9 Å². The topological polar surface area (TPSA) is 64.8 Å². The van der Waals surface area contributed by atoms with E-state index in [1.54, 1.807) is 7.11 Å². The van der Waals surface area contributed by atoms with Gasteiger partial charge in [-0.3, -0.25) is 4.79 Å². The number of halogens is 1. The normalized spacial score (nSPS) is 20.3. The van der Waals surface area contributed by atoms with Crippen LogP contribution >= 0.6 is 15.9 Å². The number of methoxy groups -OCH3 is 1. The lowest BCUT2D eigenvalue weighted by molar-refractivity contribution is -0.141. The standard InChI is InChI=1S/C15H21BrN2O3/c1-20-13(9-17)8-15(19)18-5-6-21-14(10-18)11-3-2-4-12(16)7-11/h2-4,7,13-14H,5-6,8-10,17H2,1H3. The van der Waals surface area contributed by atoms with E-state index < -0.39 is 0 Å². The molecule has 0 aliphatic carbocycles.